The molecule has 122 valence electrons. The number of nitrogens with one attached hydrogen (secondary N) is 2. The Morgan fingerprint density at radius 1 is 1.27 bits per heavy atom. The maximum absolute atomic E-state index is 11.7. The zero-order chi connectivity index (χ0) is 17.1. The maximum Gasteiger partial charge on any atom is 0.322 e. The second kappa shape index (κ2) is 10.5. The number of aliphatic carboxylic acids is 2. The van der Waals surface area contributed by atoms with Gasteiger partial charge in [-0.2, -0.15) is 0 Å². The van der Waals surface area contributed by atoms with Crippen LogP contribution in [-0.2, 0) is 19.2 Å². The van der Waals surface area contributed by atoms with E-state index in [2.05, 4.69) is 15.9 Å². The van der Waals surface area contributed by atoms with Gasteiger partial charge in [0.25, 0.3) is 0 Å². The first-order valence-corrected chi connectivity index (χ1v) is 7.11. The van der Waals surface area contributed by atoms with E-state index in [1.165, 1.54) is 0 Å². The molecule has 0 aliphatic heterocycles. The lowest BCUT2D eigenvalue weighted by molar-refractivity contribution is -0.139. The molecule has 22 heavy (non-hydrogen) atoms. The molecule has 6 N–H and O–H groups in total. The van der Waals surface area contributed by atoms with Crippen LogP contribution < -0.4 is 16.4 Å². The number of hydrogen-bond donors (Lipinski definition) is 5. The highest BCUT2D eigenvalue weighted by Crippen LogP contribution is 2.02. The number of hydrogen-bond acceptors (Lipinski definition) is 6. The van der Waals surface area contributed by atoms with Crippen molar-refractivity contribution in [2.45, 2.75) is 24.9 Å². The standard InChI is InChI=1S/C12H17N3O6S/c1-2-22-6-8(11(19)14-5-10(17)18)15-9(16)4-3-7(13)12(20)21/h1,7-8H,3-6,13H2,(H,14,19)(H,15,16)(H,17,18)(H,20,21)/t7-,8-/m0/s1. The minimum Gasteiger partial charge on any atom is -0.480 e. The summed E-state index contributed by atoms with van der Waals surface area (Å²) in [7, 11) is 0. The Morgan fingerprint density at radius 2 is 1.91 bits per heavy atom. The Morgan fingerprint density at radius 3 is 2.41 bits per heavy atom. The highest BCUT2D eigenvalue weighted by molar-refractivity contribution is 8.03. The van der Waals surface area contributed by atoms with E-state index in [9.17, 15) is 19.2 Å². The van der Waals surface area contributed by atoms with E-state index < -0.39 is 42.4 Å². The molecule has 0 aliphatic carbocycles. The normalized spacial score (nSPS) is 12.5. The van der Waals surface area contributed by atoms with Crippen molar-refractivity contribution in [3.8, 4) is 11.7 Å². The van der Waals surface area contributed by atoms with Gasteiger partial charge < -0.3 is 26.6 Å². The predicted molar refractivity (Wildman–Crippen MR) is 78.7 cm³/mol. The number of amides is 2. The first-order valence-electron chi connectivity index (χ1n) is 6.12. The molecule has 0 aliphatic rings. The summed E-state index contributed by atoms with van der Waals surface area (Å²) in [5.41, 5.74) is 5.26. The molecular weight excluding hydrogens is 314 g/mol. The molecule has 0 radical (unpaired) electrons. The highest BCUT2D eigenvalue weighted by atomic mass is 32.2. The van der Waals surface area contributed by atoms with Gasteiger partial charge >= 0.3 is 11.9 Å². The van der Waals surface area contributed by atoms with Gasteiger partial charge in [-0.25, -0.2) is 0 Å². The second-order valence-electron chi connectivity index (χ2n) is 4.14. The van der Waals surface area contributed by atoms with E-state index in [0.29, 0.717) is 0 Å². The van der Waals surface area contributed by atoms with Crippen molar-refractivity contribution in [3.63, 3.8) is 0 Å². The zero-order valence-corrected chi connectivity index (χ0v) is 12.4. The van der Waals surface area contributed by atoms with Gasteiger partial charge in [0.2, 0.25) is 11.8 Å². The van der Waals surface area contributed by atoms with Crippen molar-refractivity contribution < 1.29 is 29.4 Å². The molecular formula is C12H17N3O6S. The van der Waals surface area contributed by atoms with Gasteiger partial charge in [-0.1, -0.05) is 11.8 Å². The average molecular weight is 331 g/mol. The molecule has 0 heterocycles. The minimum atomic E-state index is -1.23. The third kappa shape index (κ3) is 8.83. The SMILES string of the molecule is C#CSC[C@H](NC(=O)CC[C@H](N)C(=O)O)C(=O)NCC(=O)O. The van der Waals surface area contributed by atoms with Crippen LogP contribution in [0.1, 0.15) is 12.8 Å². The van der Waals surface area contributed by atoms with Crippen LogP contribution in [0.2, 0.25) is 0 Å². The van der Waals surface area contributed by atoms with Crippen LogP contribution in [0.15, 0.2) is 0 Å². The molecule has 0 aromatic rings. The van der Waals surface area contributed by atoms with Gasteiger partial charge in [0.15, 0.2) is 0 Å². The van der Waals surface area contributed by atoms with Crippen molar-refractivity contribution >= 4 is 35.5 Å². The first kappa shape index (κ1) is 19.8. The van der Waals surface area contributed by atoms with Crippen molar-refractivity contribution in [3.05, 3.63) is 0 Å². The molecule has 0 unspecified atom stereocenters. The topological polar surface area (TPSA) is 159 Å². The molecule has 0 aromatic carbocycles. The fourth-order valence-corrected chi connectivity index (χ4v) is 1.77. The average Bonchev–Trinajstić information content (AvgIpc) is 2.46. The number of carboxylic acid groups (broad SMARTS) is 2. The van der Waals surface area contributed by atoms with E-state index >= 15 is 0 Å². The molecule has 0 spiro atoms. The smallest absolute Gasteiger partial charge is 0.322 e. The number of terminal acetylenes is 1. The lowest BCUT2D eigenvalue weighted by Gasteiger charge is -2.17. The molecule has 0 saturated heterocycles. The summed E-state index contributed by atoms with van der Waals surface area (Å²) >= 11 is 0.936. The maximum atomic E-state index is 11.7. The van der Waals surface area contributed by atoms with Crippen LogP contribution in [0.4, 0.5) is 0 Å². The zero-order valence-electron chi connectivity index (χ0n) is 11.6. The van der Waals surface area contributed by atoms with Crippen molar-refractivity contribution in [1.29, 1.82) is 0 Å². The van der Waals surface area contributed by atoms with Gasteiger partial charge in [-0.3, -0.25) is 19.2 Å². The van der Waals surface area contributed by atoms with Crippen molar-refractivity contribution in [2.75, 3.05) is 12.3 Å². The molecule has 0 aromatic heterocycles. The quantitative estimate of drug-likeness (QED) is 0.293. The summed E-state index contributed by atoms with van der Waals surface area (Å²) in [4.78, 5) is 44.3. The first-order chi connectivity index (χ1) is 10.3. The largest absolute Gasteiger partial charge is 0.480 e. The number of nitrogens with two attached hydrogens (primary N) is 1. The molecule has 0 bridgehead atoms. The van der Waals surface area contributed by atoms with Gasteiger partial charge in [0.05, 0.1) is 0 Å². The van der Waals surface area contributed by atoms with Gasteiger partial charge in [-0.05, 0) is 11.7 Å². The molecule has 9 nitrogen and oxygen atoms in total. The summed E-state index contributed by atoms with van der Waals surface area (Å²) in [5.74, 6) is -3.67. The summed E-state index contributed by atoms with van der Waals surface area (Å²) in [5, 5.41) is 23.8. The Kier molecular flexibility index (Phi) is 9.40. The Hall–Kier alpha value is -2.25. The fraction of sp³-hybridized carbons (Fsp3) is 0.500. The number of carbonyl (C=O) groups excluding carboxylic acids is 2. The van der Waals surface area contributed by atoms with E-state index in [1.807, 2.05) is 0 Å². The monoisotopic (exact) mass is 331 g/mol. The fourth-order valence-electron chi connectivity index (χ4n) is 1.28. The van der Waals surface area contributed by atoms with Crippen LogP contribution in [-0.4, -0.2) is 58.3 Å². The number of rotatable bonds is 10. The van der Waals surface area contributed by atoms with E-state index in [1.54, 1.807) is 0 Å². The molecule has 2 atom stereocenters. The number of thioether (sulfide) groups is 1. The van der Waals surface area contributed by atoms with Crippen LogP contribution in [0.5, 0.6) is 0 Å². The highest BCUT2D eigenvalue weighted by Gasteiger charge is 2.22. The Bertz CT molecular complexity index is 476. The third-order valence-electron chi connectivity index (χ3n) is 2.40. The van der Waals surface area contributed by atoms with Gasteiger partial charge in [-0.15, -0.1) is 6.42 Å². The van der Waals surface area contributed by atoms with Crippen LogP contribution >= 0.6 is 11.8 Å². The summed E-state index contributed by atoms with van der Waals surface area (Å²) < 4.78 is 0. The van der Waals surface area contributed by atoms with Crippen molar-refractivity contribution in [2.24, 2.45) is 5.73 Å². The molecule has 0 rings (SSSR count). The number of carboxylic acids is 2. The van der Waals surface area contributed by atoms with E-state index in [4.69, 9.17) is 22.4 Å². The molecule has 0 fully saturated rings. The summed E-state index contributed by atoms with van der Waals surface area (Å²) in [6.45, 7) is -0.587. The van der Waals surface area contributed by atoms with Gasteiger partial charge in [0, 0.05) is 12.2 Å². The number of carbonyl (C=O) groups is 4. The van der Waals surface area contributed by atoms with Crippen molar-refractivity contribution in [1.82, 2.24) is 10.6 Å². The molecule has 0 saturated carbocycles. The van der Waals surface area contributed by atoms with E-state index in [0.717, 1.165) is 11.8 Å². The van der Waals surface area contributed by atoms with Crippen LogP contribution in [0.25, 0.3) is 0 Å². The predicted octanol–water partition coefficient (Wildman–Crippen LogP) is -1.81. The van der Waals surface area contributed by atoms with Gasteiger partial charge in [0.1, 0.15) is 18.6 Å². The lowest BCUT2D eigenvalue weighted by Crippen LogP contribution is -2.49. The molecule has 10 heteroatoms. The van der Waals surface area contributed by atoms with Crippen LogP contribution in [0, 0.1) is 11.7 Å². The van der Waals surface area contributed by atoms with Crippen LogP contribution in [0.3, 0.4) is 0 Å². The molecule has 2 amide bonds. The minimum absolute atomic E-state index is 0.0542. The third-order valence-corrected chi connectivity index (χ3v) is 3.07. The second-order valence-corrected chi connectivity index (χ2v) is 5.00. The summed E-state index contributed by atoms with van der Waals surface area (Å²) in [6, 6.07) is -2.20. The lowest BCUT2D eigenvalue weighted by atomic mass is 10.1. The summed E-state index contributed by atoms with van der Waals surface area (Å²) in [6.07, 6.45) is 4.78. The Balaban J connectivity index is 4.47. The Labute approximate surface area is 131 Å². The van der Waals surface area contributed by atoms with E-state index in [-0.39, 0.29) is 18.6 Å².